The molecule has 0 radical (unpaired) electrons. The van der Waals surface area contributed by atoms with Gasteiger partial charge < -0.3 is 5.32 Å². The van der Waals surface area contributed by atoms with Crippen LogP contribution in [0.1, 0.15) is 44.3 Å². The van der Waals surface area contributed by atoms with E-state index in [4.69, 9.17) is 0 Å². The number of aromatic nitrogens is 2. The second kappa shape index (κ2) is 4.97. The van der Waals surface area contributed by atoms with Crippen LogP contribution in [0.2, 0.25) is 0 Å². The lowest BCUT2D eigenvalue weighted by molar-refractivity contribution is 0.337. The monoisotopic (exact) mass is 311 g/mol. The van der Waals surface area contributed by atoms with Gasteiger partial charge in [0.1, 0.15) is 0 Å². The van der Waals surface area contributed by atoms with Gasteiger partial charge in [-0.2, -0.15) is 5.10 Å². The number of hydrogen-bond donors (Lipinski definition) is 1. The smallest absolute Gasteiger partial charge is 0.0698 e. The molecule has 0 aromatic carbocycles. The zero-order valence-electron chi connectivity index (χ0n) is 11.2. The van der Waals surface area contributed by atoms with Crippen LogP contribution in [-0.4, -0.2) is 16.8 Å². The van der Waals surface area contributed by atoms with Crippen LogP contribution in [0.4, 0.5) is 0 Å². The molecule has 2 saturated carbocycles. The number of fused-ring (bicyclic) bond motifs is 1. The molecule has 100 valence electrons. The average Bonchev–Trinajstić information content (AvgIpc) is 2.81. The number of halogens is 1. The van der Waals surface area contributed by atoms with Crippen molar-refractivity contribution >= 4 is 15.9 Å². The van der Waals surface area contributed by atoms with Crippen molar-refractivity contribution in [2.24, 2.45) is 17.8 Å². The van der Waals surface area contributed by atoms with Crippen LogP contribution in [0, 0.1) is 17.8 Å². The normalized spacial score (nSPS) is 31.4. The van der Waals surface area contributed by atoms with E-state index in [2.05, 4.69) is 45.0 Å². The second-order valence-electron chi connectivity index (χ2n) is 5.85. The van der Waals surface area contributed by atoms with E-state index >= 15 is 0 Å². The molecule has 1 aromatic heterocycles. The average molecular weight is 312 g/mol. The lowest BCUT2D eigenvalue weighted by atomic mass is 9.92. The Morgan fingerprint density at radius 3 is 2.78 bits per heavy atom. The maximum absolute atomic E-state index is 4.51. The third kappa shape index (κ3) is 2.14. The fourth-order valence-electron chi connectivity index (χ4n) is 3.70. The minimum atomic E-state index is 0.459. The van der Waals surface area contributed by atoms with Crippen molar-refractivity contribution in [2.45, 2.75) is 45.2 Å². The summed E-state index contributed by atoms with van der Waals surface area (Å²) in [4.78, 5) is 0. The topological polar surface area (TPSA) is 29.9 Å². The molecule has 2 aliphatic rings. The molecular weight excluding hydrogens is 290 g/mol. The van der Waals surface area contributed by atoms with Gasteiger partial charge in [0, 0.05) is 6.54 Å². The molecule has 18 heavy (non-hydrogen) atoms. The second-order valence-corrected chi connectivity index (χ2v) is 6.71. The zero-order valence-corrected chi connectivity index (χ0v) is 12.8. The predicted octanol–water partition coefficient (Wildman–Crippen LogP) is 3.36. The van der Waals surface area contributed by atoms with Gasteiger partial charge in [-0.3, -0.25) is 4.68 Å². The quantitative estimate of drug-likeness (QED) is 0.903. The Hall–Kier alpha value is -0.350. The minimum absolute atomic E-state index is 0.459. The molecule has 0 amide bonds. The standard InChI is InChI=1S/C14H22BrN3/c1-3-4-18-14(12(15)8-17-18)13(16-2)11-6-9-5-10(9)7-11/h8-11,13,16H,3-7H2,1-2H3. The third-order valence-electron chi connectivity index (χ3n) is 4.63. The Morgan fingerprint density at radius 2 is 2.17 bits per heavy atom. The van der Waals surface area contributed by atoms with Gasteiger partial charge in [-0.15, -0.1) is 0 Å². The third-order valence-corrected chi connectivity index (χ3v) is 5.24. The molecule has 1 aromatic rings. The number of rotatable bonds is 5. The van der Waals surface area contributed by atoms with Crippen LogP contribution in [-0.2, 0) is 6.54 Å². The van der Waals surface area contributed by atoms with Crippen LogP contribution in [0.15, 0.2) is 10.7 Å². The summed E-state index contributed by atoms with van der Waals surface area (Å²) in [6, 6.07) is 0.459. The Balaban J connectivity index is 1.83. The number of aryl methyl sites for hydroxylation is 1. The lowest BCUT2D eigenvalue weighted by Crippen LogP contribution is -2.27. The maximum atomic E-state index is 4.51. The molecule has 4 heteroatoms. The summed E-state index contributed by atoms with van der Waals surface area (Å²) in [5.41, 5.74) is 1.35. The van der Waals surface area contributed by atoms with Crippen LogP contribution in [0.3, 0.4) is 0 Å². The fraction of sp³-hybridized carbons (Fsp3) is 0.786. The Kier molecular flexibility index (Phi) is 3.50. The van der Waals surface area contributed by atoms with Gasteiger partial charge in [-0.25, -0.2) is 0 Å². The van der Waals surface area contributed by atoms with Crippen LogP contribution < -0.4 is 5.32 Å². The van der Waals surface area contributed by atoms with Crippen molar-refractivity contribution in [2.75, 3.05) is 7.05 Å². The highest BCUT2D eigenvalue weighted by Gasteiger charge is 2.48. The van der Waals surface area contributed by atoms with E-state index < -0.39 is 0 Å². The van der Waals surface area contributed by atoms with Gasteiger partial charge in [0.05, 0.1) is 22.4 Å². The molecule has 1 heterocycles. The summed E-state index contributed by atoms with van der Waals surface area (Å²) in [6.07, 6.45) is 7.38. The summed E-state index contributed by atoms with van der Waals surface area (Å²) in [6.45, 7) is 3.22. The van der Waals surface area contributed by atoms with Gasteiger partial charge in [-0.1, -0.05) is 6.92 Å². The first kappa shape index (κ1) is 12.7. The first-order valence-electron chi connectivity index (χ1n) is 7.13. The molecule has 0 saturated heterocycles. The Labute approximate surface area is 117 Å². The Bertz CT molecular complexity index is 419. The van der Waals surface area contributed by atoms with Gasteiger partial charge in [0.2, 0.25) is 0 Å². The minimum Gasteiger partial charge on any atom is -0.311 e. The van der Waals surface area contributed by atoms with Crippen molar-refractivity contribution in [1.29, 1.82) is 0 Å². The molecule has 0 aliphatic heterocycles. The van der Waals surface area contributed by atoms with Gasteiger partial charge in [0.15, 0.2) is 0 Å². The van der Waals surface area contributed by atoms with E-state index in [0.29, 0.717) is 6.04 Å². The molecule has 3 rings (SSSR count). The van der Waals surface area contributed by atoms with Crippen molar-refractivity contribution in [3.05, 3.63) is 16.4 Å². The SMILES string of the molecule is CCCn1ncc(Br)c1C(NC)C1CC2CC2C1. The highest BCUT2D eigenvalue weighted by molar-refractivity contribution is 9.10. The van der Waals surface area contributed by atoms with E-state index in [1.807, 2.05) is 6.20 Å². The van der Waals surface area contributed by atoms with Crippen molar-refractivity contribution in [1.82, 2.24) is 15.1 Å². The number of hydrogen-bond acceptors (Lipinski definition) is 2. The first-order chi connectivity index (χ1) is 8.74. The summed E-state index contributed by atoms with van der Waals surface area (Å²) in [7, 11) is 2.09. The molecule has 0 bridgehead atoms. The van der Waals surface area contributed by atoms with E-state index in [-0.39, 0.29) is 0 Å². The van der Waals surface area contributed by atoms with E-state index in [0.717, 1.165) is 35.2 Å². The van der Waals surface area contributed by atoms with Gasteiger partial charge in [0.25, 0.3) is 0 Å². The van der Waals surface area contributed by atoms with Crippen LogP contribution in [0.25, 0.3) is 0 Å². The van der Waals surface area contributed by atoms with E-state index in [1.54, 1.807) is 0 Å². The van der Waals surface area contributed by atoms with Crippen molar-refractivity contribution in [3.63, 3.8) is 0 Å². The van der Waals surface area contributed by atoms with Crippen molar-refractivity contribution < 1.29 is 0 Å². The van der Waals surface area contributed by atoms with Crippen molar-refractivity contribution in [3.8, 4) is 0 Å². The summed E-state index contributed by atoms with van der Waals surface area (Å²) >= 11 is 3.68. The maximum Gasteiger partial charge on any atom is 0.0698 e. The first-order valence-corrected chi connectivity index (χ1v) is 7.92. The molecule has 1 N–H and O–H groups in total. The van der Waals surface area contributed by atoms with E-state index in [9.17, 15) is 0 Å². The summed E-state index contributed by atoms with van der Waals surface area (Å²) < 4.78 is 3.34. The molecule has 2 fully saturated rings. The highest BCUT2D eigenvalue weighted by Crippen LogP contribution is 2.57. The van der Waals surface area contributed by atoms with Gasteiger partial charge >= 0.3 is 0 Å². The zero-order chi connectivity index (χ0) is 12.7. The lowest BCUT2D eigenvalue weighted by Gasteiger charge is -2.25. The predicted molar refractivity (Wildman–Crippen MR) is 76.3 cm³/mol. The summed E-state index contributed by atoms with van der Waals surface area (Å²) in [5, 5.41) is 8.04. The van der Waals surface area contributed by atoms with Gasteiger partial charge in [-0.05, 0) is 66.4 Å². The van der Waals surface area contributed by atoms with Crippen LogP contribution >= 0.6 is 15.9 Å². The number of nitrogens with zero attached hydrogens (tertiary/aromatic N) is 2. The molecular formula is C14H22BrN3. The molecule has 3 atom stereocenters. The van der Waals surface area contributed by atoms with Crippen LogP contribution in [0.5, 0.6) is 0 Å². The molecule has 0 spiro atoms. The largest absolute Gasteiger partial charge is 0.311 e. The molecule has 3 nitrogen and oxygen atoms in total. The fourth-order valence-corrected chi connectivity index (χ4v) is 4.24. The highest BCUT2D eigenvalue weighted by atomic mass is 79.9. The van der Waals surface area contributed by atoms with E-state index in [1.165, 1.54) is 25.0 Å². The Morgan fingerprint density at radius 1 is 1.44 bits per heavy atom. The molecule has 3 unspecified atom stereocenters. The summed E-state index contributed by atoms with van der Waals surface area (Å²) in [5.74, 6) is 2.86. The molecule has 2 aliphatic carbocycles. The number of nitrogens with one attached hydrogen (secondary N) is 1.